The molecule has 1 aliphatic rings. The van der Waals surface area contributed by atoms with Crippen molar-refractivity contribution in [2.75, 3.05) is 13.1 Å². The van der Waals surface area contributed by atoms with Crippen LogP contribution in [0.15, 0.2) is 23.4 Å². The first kappa shape index (κ1) is 15.8. The van der Waals surface area contributed by atoms with E-state index in [-0.39, 0.29) is 0 Å². The van der Waals surface area contributed by atoms with E-state index in [2.05, 4.69) is 49.7 Å². The van der Waals surface area contributed by atoms with Crippen LogP contribution in [-0.2, 0) is 0 Å². The van der Waals surface area contributed by atoms with Crippen molar-refractivity contribution in [3.8, 4) is 0 Å². The molecule has 1 atom stereocenters. The fraction of sp³-hybridized carbons (Fsp3) is 0.706. The van der Waals surface area contributed by atoms with Crippen molar-refractivity contribution in [1.82, 2.24) is 9.88 Å². The molecule has 0 unspecified atom stereocenters. The highest BCUT2D eigenvalue weighted by Crippen LogP contribution is 2.36. The monoisotopic (exact) mass is 292 g/mol. The Morgan fingerprint density at radius 3 is 2.80 bits per heavy atom. The molecule has 0 bridgehead atoms. The van der Waals surface area contributed by atoms with Crippen molar-refractivity contribution >= 4 is 11.8 Å². The first-order chi connectivity index (χ1) is 9.58. The molecule has 0 amide bonds. The summed E-state index contributed by atoms with van der Waals surface area (Å²) in [6, 6.07) is 4.96. The summed E-state index contributed by atoms with van der Waals surface area (Å²) in [7, 11) is 0. The van der Waals surface area contributed by atoms with E-state index < -0.39 is 0 Å². The van der Waals surface area contributed by atoms with Gasteiger partial charge in [0.1, 0.15) is 5.03 Å². The normalized spacial score (nSPS) is 20.8. The van der Waals surface area contributed by atoms with E-state index >= 15 is 0 Å². The van der Waals surface area contributed by atoms with Crippen LogP contribution in [0.4, 0.5) is 0 Å². The van der Waals surface area contributed by atoms with Gasteiger partial charge in [-0.1, -0.05) is 40.2 Å². The number of piperidine rings is 1. The Kier molecular flexibility index (Phi) is 5.91. The van der Waals surface area contributed by atoms with Crippen LogP contribution in [0.5, 0.6) is 0 Å². The van der Waals surface area contributed by atoms with Gasteiger partial charge in [-0.25, -0.2) is 4.98 Å². The van der Waals surface area contributed by atoms with Gasteiger partial charge >= 0.3 is 0 Å². The predicted molar refractivity (Wildman–Crippen MR) is 88.2 cm³/mol. The Morgan fingerprint density at radius 2 is 2.10 bits per heavy atom. The second-order valence-electron chi connectivity index (χ2n) is 6.46. The lowest BCUT2D eigenvalue weighted by molar-refractivity contribution is 0.130. The van der Waals surface area contributed by atoms with Gasteiger partial charge in [0.2, 0.25) is 0 Å². The smallest absolute Gasteiger partial charge is 0.101 e. The summed E-state index contributed by atoms with van der Waals surface area (Å²) >= 11 is 1.90. The van der Waals surface area contributed by atoms with E-state index in [1.165, 1.54) is 42.9 Å². The van der Waals surface area contributed by atoms with Crippen molar-refractivity contribution in [2.24, 2.45) is 5.92 Å². The summed E-state index contributed by atoms with van der Waals surface area (Å²) in [6.07, 6.45) is 5.91. The summed E-state index contributed by atoms with van der Waals surface area (Å²) < 4.78 is 0. The quantitative estimate of drug-likeness (QED) is 0.728. The molecule has 1 aromatic rings. The van der Waals surface area contributed by atoms with E-state index in [0.717, 1.165) is 5.92 Å². The van der Waals surface area contributed by atoms with E-state index in [4.69, 9.17) is 0 Å². The molecule has 0 aliphatic carbocycles. The van der Waals surface area contributed by atoms with Crippen LogP contribution in [0.25, 0.3) is 0 Å². The molecule has 2 rings (SSSR count). The summed E-state index contributed by atoms with van der Waals surface area (Å²) in [5, 5.41) is 1.83. The molecule has 2 heterocycles. The highest BCUT2D eigenvalue weighted by atomic mass is 32.2. The molecule has 1 aromatic heterocycles. The molecular formula is C17H28N2S. The Hall–Kier alpha value is -0.540. The van der Waals surface area contributed by atoms with Gasteiger partial charge < -0.3 is 0 Å². The Bertz CT molecular complexity index is 417. The number of hydrogen-bond acceptors (Lipinski definition) is 3. The van der Waals surface area contributed by atoms with Gasteiger partial charge in [0.25, 0.3) is 0 Å². The van der Waals surface area contributed by atoms with E-state index in [1.54, 1.807) is 0 Å². The van der Waals surface area contributed by atoms with Crippen molar-refractivity contribution in [3.63, 3.8) is 0 Å². The molecule has 112 valence electrons. The Balaban J connectivity index is 2.22. The molecule has 0 aromatic carbocycles. The lowest BCUT2D eigenvalue weighted by atomic mass is 9.95. The largest absolute Gasteiger partial charge is 0.296 e. The summed E-state index contributed by atoms with van der Waals surface area (Å²) in [5.41, 5.74) is 1.45. The highest BCUT2D eigenvalue weighted by Gasteiger charge is 2.26. The second kappa shape index (κ2) is 7.46. The molecule has 0 radical (unpaired) electrons. The van der Waals surface area contributed by atoms with Crippen LogP contribution in [0.3, 0.4) is 0 Å². The van der Waals surface area contributed by atoms with Gasteiger partial charge in [-0.05, 0) is 31.4 Å². The molecule has 0 saturated carbocycles. The fourth-order valence-electron chi connectivity index (χ4n) is 3.01. The molecule has 3 heteroatoms. The maximum absolute atomic E-state index is 4.64. The molecule has 1 fully saturated rings. The van der Waals surface area contributed by atoms with Gasteiger partial charge in [0, 0.05) is 29.6 Å². The minimum Gasteiger partial charge on any atom is -0.296 e. The zero-order chi connectivity index (χ0) is 14.5. The highest BCUT2D eigenvalue weighted by molar-refractivity contribution is 7.99. The van der Waals surface area contributed by atoms with Gasteiger partial charge in [-0.3, -0.25) is 4.90 Å². The minimum atomic E-state index is 0.570. The average Bonchev–Trinajstić information content (AvgIpc) is 2.39. The van der Waals surface area contributed by atoms with Gasteiger partial charge in [-0.15, -0.1) is 11.8 Å². The molecule has 0 N–H and O–H groups in total. The van der Waals surface area contributed by atoms with E-state index in [9.17, 15) is 0 Å². The van der Waals surface area contributed by atoms with Crippen molar-refractivity contribution in [1.29, 1.82) is 0 Å². The summed E-state index contributed by atoms with van der Waals surface area (Å²) in [5.74, 6) is 0.730. The third kappa shape index (κ3) is 4.23. The van der Waals surface area contributed by atoms with Crippen LogP contribution in [-0.4, -0.2) is 28.2 Å². The van der Waals surface area contributed by atoms with Gasteiger partial charge in [0.15, 0.2) is 0 Å². The van der Waals surface area contributed by atoms with Crippen LogP contribution >= 0.6 is 11.8 Å². The lowest BCUT2D eigenvalue weighted by Crippen LogP contribution is -2.36. The number of pyridine rings is 1. The van der Waals surface area contributed by atoms with Crippen LogP contribution in [0, 0.1) is 5.92 Å². The minimum absolute atomic E-state index is 0.570. The predicted octanol–water partition coefficient (Wildman–Crippen LogP) is 4.77. The number of rotatable bonds is 5. The topological polar surface area (TPSA) is 16.1 Å². The third-order valence-corrected chi connectivity index (χ3v) is 4.76. The van der Waals surface area contributed by atoms with Crippen LogP contribution < -0.4 is 0 Å². The average molecular weight is 292 g/mol. The standard InChI is InChI=1S/C17H28N2S/c1-13(2)12-19-11-6-5-9-16(19)15-8-7-10-18-17(15)20-14(3)4/h7-8,10,13-14,16H,5-6,9,11-12H2,1-4H3/t16-/m1/s1. The van der Waals surface area contributed by atoms with Crippen molar-refractivity contribution in [2.45, 2.75) is 63.3 Å². The number of hydrogen-bond donors (Lipinski definition) is 0. The molecule has 2 nitrogen and oxygen atoms in total. The number of likely N-dealkylation sites (tertiary alicyclic amines) is 1. The van der Waals surface area contributed by atoms with Crippen LogP contribution in [0.2, 0.25) is 0 Å². The number of aromatic nitrogens is 1. The van der Waals surface area contributed by atoms with E-state index in [1.807, 2.05) is 18.0 Å². The first-order valence-corrected chi connectivity index (χ1v) is 8.81. The molecule has 1 saturated heterocycles. The number of nitrogens with zero attached hydrogens (tertiary/aromatic N) is 2. The van der Waals surface area contributed by atoms with Crippen molar-refractivity contribution in [3.05, 3.63) is 23.9 Å². The third-order valence-electron chi connectivity index (χ3n) is 3.72. The second-order valence-corrected chi connectivity index (χ2v) is 8.03. The lowest BCUT2D eigenvalue weighted by Gasteiger charge is -2.37. The molecular weight excluding hydrogens is 264 g/mol. The number of thioether (sulfide) groups is 1. The summed E-state index contributed by atoms with van der Waals surface area (Å²) in [4.78, 5) is 7.32. The molecule has 0 spiro atoms. The maximum Gasteiger partial charge on any atom is 0.101 e. The SMILES string of the molecule is CC(C)CN1CCCC[C@@H]1c1cccnc1SC(C)C. The van der Waals surface area contributed by atoms with Gasteiger partial charge in [0.05, 0.1) is 0 Å². The fourth-order valence-corrected chi connectivity index (χ4v) is 3.92. The van der Waals surface area contributed by atoms with Crippen LogP contribution in [0.1, 0.15) is 58.6 Å². The molecule has 1 aliphatic heterocycles. The van der Waals surface area contributed by atoms with E-state index in [0.29, 0.717) is 11.3 Å². The summed E-state index contributed by atoms with van der Waals surface area (Å²) in [6.45, 7) is 11.6. The zero-order valence-electron chi connectivity index (χ0n) is 13.3. The molecule has 20 heavy (non-hydrogen) atoms. The Morgan fingerprint density at radius 1 is 1.30 bits per heavy atom. The Labute approximate surface area is 128 Å². The maximum atomic E-state index is 4.64. The van der Waals surface area contributed by atoms with Gasteiger partial charge in [-0.2, -0.15) is 0 Å². The zero-order valence-corrected chi connectivity index (χ0v) is 14.1. The van der Waals surface area contributed by atoms with Crippen molar-refractivity contribution < 1.29 is 0 Å². The first-order valence-electron chi connectivity index (χ1n) is 7.93.